The summed E-state index contributed by atoms with van der Waals surface area (Å²) in [5.74, 6) is -0.0942. The zero-order valence-corrected chi connectivity index (χ0v) is 17.3. The molecule has 2 aromatic rings. The average Bonchev–Trinajstić information content (AvgIpc) is 2.78. The molecule has 1 aliphatic rings. The Bertz CT molecular complexity index is 833. The van der Waals surface area contributed by atoms with Crippen molar-refractivity contribution in [1.29, 1.82) is 0 Å². The predicted octanol–water partition coefficient (Wildman–Crippen LogP) is 2.71. The number of carbonyl (C=O) groups excluding carboxylic acids is 2. The van der Waals surface area contributed by atoms with E-state index in [0.717, 1.165) is 25.2 Å². The van der Waals surface area contributed by atoms with Crippen LogP contribution in [0, 0.1) is 6.42 Å². The van der Waals surface area contributed by atoms with Crippen molar-refractivity contribution in [2.24, 2.45) is 5.73 Å². The van der Waals surface area contributed by atoms with Gasteiger partial charge in [-0.05, 0) is 55.6 Å². The van der Waals surface area contributed by atoms with Gasteiger partial charge in [-0.2, -0.15) is 0 Å². The maximum atomic E-state index is 12.1. The van der Waals surface area contributed by atoms with Crippen LogP contribution in [0.1, 0.15) is 40.7 Å². The van der Waals surface area contributed by atoms with E-state index >= 15 is 0 Å². The molecule has 159 valence electrons. The van der Waals surface area contributed by atoms with Crippen LogP contribution in [0.5, 0.6) is 5.75 Å². The Kier molecular flexibility index (Phi) is 8.27. The first-order valence-electron chi connectivity index (χ1n) is 10.5. The van der Waals surface area contributed by atoms with Crippen molar-refractivity contribution in [2.45, 2.75) is 32.3 Å². The monoisotopic (exact) mass is 408 g/mol. The van der Waals surface area contributed by atoms with Gasteiger partial charge in [0.1, 0.15) is 12.4 Å². The number of hydrogen-bond acceptors (Lipinski definition) is 4. The van der Waals surface area contributed by atoms with Crippen molar-refractivity contribution in [3.05, 3.63) is 71.6 Å². The van der Waals surface area contributed by atoms with Gasteiger partial charge in [0.25, 0.3) is 0 Å². The van der Waals surface area contributed by atoms with Crippen molar-refractivity contribution < 1.29 is 14.3 Å². The van der Waals surface area contributed by atoms with Gasteiger partial charge in [-0.3, -0.25) is 9.59 Å². The molecule has 6 nitrogen and oxygen atoms in total. The number of benzene rings is 2. The minimum Gasteiger partial charge on any atom is -0.489 e. The molecule has 2 aromatic carbocycles. The Morgan fingerprint density at radius 2 is 1.83 bits per heavy atom. The summed E-state index contributed by atoms with van der Waals surface area (Å²) in [6.07, 6.45) is 5.67. The fourth-order valence-corrected chi connectivity index (χ4v) is 3.59. The molecule has 2 amide bonds. The molecule has 0 saturated carbocycles. The SMILES string of the molecule is NC(=O)c1cc(OCc2ccccc2)ccc1C[CH]C(=O)NCCN1CCCCC1. The molecule has 6 heteroatoms. The van der Waals surface area contributed by atoms with Gasteiger partial charge in [0, 0.05) is 18.7 Å². The molecule has 1 aliphatic heterocycles. The number of likely N-dealkylation sites (tertiary alicyclic amines) is 1. The number of amides is 2. The molecule has 0 aliphatic carbocycles. The predicted molar refractivity (Wildman–Crippen MR) is 117 cm³/mol. The number of primary amides is 1. The van der Waals surface area contributed by atoms with Gasteiger partial charge < -0.3 is 20.7 Å². The third kappa shape index (κ3) is 6.88. The quantitative estimate of drug-likeness (QED) is 0.633. The van der Waals surface area contributed by atoms with E-state index in [1.54, 1.807) is 24.6 Å². The number of nitrogens with two attached hydrogens (primary N) is 1. The second kappa shape index (κ2) is 11.4. The minimum absolute atomic E-state index is 0.133. The van der Waals surface area contributed by atoms with Crippen molar-refractivity contribution in [1.82, 2.24) is 10.2 Å². The molecule has 1 radical (unpaired) electrons. The van der Waals surface area contributed by atoms with Crippen LogP contribution in [0.25, 0.3) is 0 Å². The van der Waals surface area contributed by atoms with Crippen LogP contribution in [0.15, 0.2) is 48.5 Å². The van der Waals surface area contributed by atoms with Crippen LogP contribution in [0.4, 0.5) is 0 Å². The van der Waals surface area contributed by atoms with E-state index in [0.29, 0.717) is 36.4 Å². The first kappa shape index (κ1) is 21.8. The Morgan fingerprint density at radius 1 is 1.07 bits per heavy atom. The zero-order valence-electron chi connectivity index (χ0n) is 17.3. The van der Waals surface area contributed by atoms with E-state index in [4.69, 9.17) is 10.5 Å². The summed E-state index contributed by atoms with van der Waals surface area (Å²) in [6.45, 7) is 4.13. The summed E-state index contributed by atoms with van der Waals surface area (Å²) in [5, 5.41) is 2.92. The van der Waals surface area contributed by atoms with Crippen molar-refractivity contribution in [3.63, 3.8) is 0 Å². The third-order valence-corrected chi connectivity index (χ3v) is 5.28. The van der Waals surface area contributed by atoms with Gasteiger partial charge in [0.15, 0.2) is 0 Å². The Balaban J connectivity index is 1.48. The molecular weight excluding hydrogens is 378 g/mol. The molecule has 0 aromatic heterocycles. The molecule has 3 N–H and O–H groups in total. The summed E-state index contributed by atoms with van der Waals surface area (Å²) in [5.41, 5.74) is 7.67. The molecule has 0 unspecified atom stereocenters. The number of ether oxygens (including phenoxy) is 1. The summed E-state index contributed by atoms with van der Waals surface area (Å²) in [7, 11) is 0. The molecule has 1 saturated heterocycles. The zero-order chi connectivity index (χ0) is 21.2. The molecule has 0 bridgehead atoms. The van der Waals surface area contributed by atoms with Crippen LogP contribution < -0.4 is 15.8 Å². The molecule has 30 heavy (non-hydrogen) atoms. The average molecular weight is 409 g/mol. The van der Waals surface area contributed by atoms with Gasteiger partial charge in [0.05, 0.1) is 6.42 Å². The standard InChI is InChI=1S/C24H30N3O3/c25-24(29)22-17-21(30-18-19-7-3-1-4-8-19)11-9-20(22)10-12-23(28)26-13-16-27-14-5-2-6-15-27/h1,3-4,7-9,11-12,17H,2,5-6,10,13-16,18H2,(H2,25,29)(H,26,28). The van der Waals surface area contributed by atoms with Gasteiger partial charge in [-0.1, -0.05) is 42.8 Å². The summed E-state index contributed by atoms with van der Waals surface area (Å²) in [4.78, 5) is 26.4. The highest BCUT2D eigenvalue weighted by atomic mass is 16.5. The lowest BCUT2D eigenvalue weighted by Gasteiger charge is -2.26. The molecule has 0 atom stereocenters. The first-order valence-corrected chi connectivity index (χ1v) is 10.5. The lowest BCUT2D eigenvalue weighted by atomic mass is 10.0. The van der Waals surface area contributed by atoms with Crippen LogP contribution in [-0.2, 0) is 17.8 Å². The van der Waals surface area contributed by atoms with E-state index < -0.39 is 5.91 Å². The molecule has 1 fully saturated rings. The highest BCUT2D eigenvalue weighted by Gasteiger charge is 2.13. The van der Waals surface area contributed by atoms with Gasteiger partial charge in [-0.15, -0.1) is 0 Å². The topological polar surface area (TPSA) is 84.7 Å². The van der Waals surface area contributed by atoms with E-state index in [9.17, 15) is 9.59 Å². The molecule has 1 heterocycles. The van der Waals surface area contributed by atoms with E-state index in [-0.39, 0.29) is 5.91 Å². The fraction of sp³-hybridized carbons (Fsp3) is 0.375. The summed E-state index contributed by atoms with van der Waals surface area (Å²) in [6, 6.07) is 15.0. The van der Waals surface area contributed by atoms with Crippen LogP contribution >= 0.6 is 0 Å². The van der Waals surface area contributed by atoms with Gasteiger partial charge >= 0.3 is 0 Å². The van der Waals surface area contributed by atoms with E-state index in [1.807, 2.05) is 30.3 Å². The summed E-state index contributed by atoms with van der Waals surface area (Å²) < 4.78 is 5.77. The summed E-state index contributed by atoms with van der Waals surface area (Å²) >= 11 is 0. The Hall–Kier alpha value is -2.86. The number of hydrogen-bond donors (Lipinski definition) is 2. The maximum absolute atomic E-state index is 12.1. The molecule has 0 spiro atoms. The van der Waals surface area contributed by atoms with Gasteiger partial charge in [0.2, 0.25) is 11.8 Å². The Morgan fingerprint density at radius 3 is 2.57 bits per heavy atom. The number of nitrogens with zero attached hydrogens (tertiary/aromatic N) is 1. The minimum atomic E-state index is -0.533. The third-order valence-electron chi connectivity index (χ3n) is 5.28. The number of rotatable bonds is 10. The number of nitrogens with one attached hydrogen (secondary N) is 1. The van der Waals surface area contributed by atoms with Crippen molar-refractivity contribution in [3.8, 4) is 5.75 Å². The van der Waals surface area contributed by atoms with Crippen LogP contribution in [0.3, 0.4) is 0 Å². The largest absolute Gasteiger partial charge is 0.489 e. The number of carbonyl (C=O) groups is 2. The van der Waals surface area contributed by atoms with E-state index in [1.165, 1.54) is 19.3 Å². The number of piperidine rings is 1. The smallest absolute Gasteiger partial charge is 0.249 e. The van der Waals surface area contributed by atoms with Gasteiger partial charge in [-0.25, -0.2) is 0 Å². The first-order chi connectivity index (χ1) is 14.6. The maximum Gasteiger partial charge on any atom is 0.249 e. The Labute approximate surface area is 178 Å². The van der Waals surface area contributed by atoms with Crippen LogP contribution in [-0.4, -0.2) is 42.9 Å². The van der Waals surface area contributed by atoms with E-state index in [2.05, 4.69) is 10.2 Å². The highest BCUT2D eigenvalue weighted by molar-refractivity contribution is 5.95. The molecular formula is C24H30N3O3. The highest BCUT2D eigenvalue weighted by Crippen LogP contribution is 2.20. The normalized spacial score (nSPS) is 14.3. The fourth-order valence-electron chi connectivity index (χ4n) is 3.59. The lowest BCUT2D eigenvalue weighted by molar-refractivity contribution is -0.118. The van der Waals surface area contributed by atoms with Crippen molar-refractivity contribution >= 4 is 11.8 Å². The van der Waals surface area contributed by atoms with Crippen molar-refractivity contribution in [2.75, 3.05) is 26.2 Å². The van der Waals surface area contributed by atoms with Crippen LogP contribution in [0.2, 0.25) is 0 Å². The lowest BCUT2D eigenvalue weighted by Crippen LogP contribution is -2.37. The second-order valence-corrected chi connectivity index (χ2v) is 7.56. The second-order valence-electron chi connectivity index (χ2n) is 7.56. The molecule has 3 rings (SSSR count).